The molecule has 3 N–H and O–H groups in total. The number of carbonyl (C=O) groups is 3. The highest BCUT2D eigenvalue weighted by Crippen LogP contribution is 2.44. The van der Waals surface area contributed by atoms with E-state index in [0.29, 0.717) is 19.4 Å². The summed E-state index contributed by atoms with van der Waals surface area (Å²) in [6.07, 6.45) is 4.11. The van der Waals surface area contributed by atoms with E-state index < -0.39 is 12.1 Å². The maximum atomic E-state index is 12.7. The number of carbonyl (C=O) groups excluding carboxylic acids is 2. The summed E-state index contributed by atoms with van der Waals surface area (Å²) in [4.78, 5) is 36.0. The van der Waals surface area contributed by atoms with Crippen molar-refractivity contribution in [1.29, 1.82) is 0 Å². The number of benzene rings is 2. The van der Waals surface area contributed by atoms with Gasteiger partial charge in [-0.05, 0) is 47.9 Å². The first-order valence-corrected chi connectivity index (χ1v) is 12.2. The van der Waals surface area contributed by atoms with Gasteiger partial charge in [-0.1, -0.05) is 61.4 Å². The molecule has 0 aliphatic heterocycles. The Morgan fingerprint density at radius 1 is 0.912 bits per heavy atom. The molecule has 0 saturated heterocycles. The largest absolute Gasteiger partial charge is 0.481 e. The van der Waals surface area contributed by atoms with E-state index in [0.717, 1.165) is 36.8 Å². The van der Waals surface area contributed by atoms with Crippen molar-refractivity contribution in [3.63, 3.8) is 0 Å². The molecule has 2 aliphatic carbocycles. The zero-order valence-corrected chi connectivity index (χ0v) is 19.3. The molecule has 0 heterocycles. The lowest BCUT2D eigenvalue weighted by molar-refractivity contribution is -0.137. The number of hydrogen-bond donors (Lipinski definition) is 3. The van der Waals surface area contributed by atoms with Crippen LogP contribution in [0.15, 0.2) is 48.5 Å². The highest BCUT2D eigenvalue weighted by atomic mass is 16.5. The molecular formula is C27H32N2O5. The summed E-state index contributed by atoms with van der Waals surface area (Å²) in [5.41, 5.74) is 4.68. The molecule has 2 aliphatic rings. The number of carboxylic acid groups (broad SMARTS) is 1. The molecule has 2 aromatic carbocycles. The van der Waals surface area contributed by atoms with Crippen LogP contribution in [0.5, 0.6) is 0 Å². The third-order valence-corrected chi connectivity index (χ3v) is 6.87. The van der Waals surface area contributed by atoms with E-state index in [1.165, 1.54) is 11.1 Å². The molecule has 180 valence electrons. The predicted octanol–water partition coefficient (Wildman–Crippen LogP) is 4.46. The SMILES string of the molecule is O=C(O)CCCCNC(=O)[C@@H]1CCCC[C@@H]1NC(=O)OCC1c2ccccc2-c2ccccc21. The van der Waals surface area contributed by atoms with Crippen molar-refractivity contribution in [3.05, 3.63) is 59.7 Å². The summed E-state index contributed by atoms with van der Waals surface area (Å²) >= 11 is 0. The standard InChI is InChI=1S/C27H32N2O5/c30-25(31)15-7-8-16-28-26(32)22-13-5-6-14-24(22)29-27(33)34-17-23-20-11-3-1-9-18(20)19-10-2-4-12-21(19)23/h1-4,9-12,22-24H,5-8,13-17H2,(H,28,32)(H,29,33)(H,30,31)/t22-,24+/m1/s1. The lowest BCUT2D eigenvalue weighted by atomic mass is 9.84. The van der Waals surface area contributed by atoms with Gasteiger partial charge < -0.3 is 20.5 Å². The van der Waals surface area contributed by atoms with Crippen molar-refractivity contribution in [2.75, 3.05) is 13.2 Å². The van der Waals surface area contributed by atoms with Crippen molar-refractivity contribution in [2.24, 2.45) is 5.92 Å². The van der Waals surface area contributed by atoms with Crippen LogP contribution in [0, 0.1) is 5.92 Å². The minimum Gasteiger partial charge on any atom is -0.481 e. The average Bonchev–Trinajstić information content (AvgIpc) is 3.16. The molecule has 34 heavy (non-hydrogen) atoms. The van der Waals surface area contributed by atoms with Gasteiger partial charge in [-0.25, -0.2) is 4.79 Å². The van der Waals surface area contributed by atoms with Crippen molar-refractivity contribution < 1.29 is 24.2 Å². The minimum absolute atomic E-state index is 0.00518. The molecule has 2 aromatic rings. The fourth-order valence-corrected chi connectivity index (χ4v) is 5.15. The molecule has 1 fully saturated rings. The molecule has 7 nitrogen and oxygen atoms in total. The molecule has 0 unspecified atom stereocenters. The summed E-state index contributed by atoms with van der Waals surface area (Å²) in [6.45, 7) is 0.688. The zero-order valence-electron chi connectivity index (χ0n) is 19.3. The van der Waals surface area contributed by atoms with E-state index in [1.54, 1.807) is 0 Å². The fourth-order valence-electron chi connectivity index (χ4n) is 5.15. The zero-order chi connectivity index (χ0) is 23.9. The smallest absolute Gasteiger partial charge is 0.407 e. The molecule has 1 saturated carbocycles. The second-order valence-corrected chi connectivity index (χ2v) is 9.11. The van der Waals surface area contributed by atoms with Crippen LogP contribution >= 0.6 is 0 Å². The van der Waals surface area contributed by atoms with Crippen LogP contribution in [0.2, 0.25) is 0 Å². The first-order valence-electron chi connectivity index (χ1n) is 12.2. The number of amides is 2. The minimum atomic E-state index is -0.828. The third kappa shape index (κ3) is 5.58. The van der Waals surface area contributed by atoms with Crippen LogP contribution in [-0.2, 0) is 14.3 Å². The van der Waals surface area contributed by atoms with Gasteiger partial charge in [0, 0.05) is 24.9 Å². The maximum absolute atomic E-state index is 12.7. The van der Waals surface area contributed by atoms with E-state index in [4.69, 9.17) is 9.84 Å². The highest BCUT2D eigenvalue weighted by Gasteiger charge is 2.33. The molecule has 0 spiro atoms. The normalized spacial score (nSPS) is 19.1. The van der Waals surface area contributed by atoms with E-state index in [1.807, 2.05) is 24.3 Å². The van der Waals surface area contributed by atoms with Crippen LogP contribution in [0.1, 0.15) is 62.0 Å². The topological polar surface area (TPSA) is 105 Å². The Kier molecular flexibility index (Phi) is 7.83. The van der Waals surface area contributed by atoms with Crippen LogP contribution in [0.25, 0.3) is 11.1 Å². The van der Waals surface area contributed by atoms with Gasteiger partial charge in [0.05, 0.1) is 5.92 Å². The summed E-state index contributed by atoms with van der Waals surface area (Å²) in [5, 5.41) is 14.6. The van der Waals surface area contributed by atoms with Crippen molar-refractivity contribution in [2.45, 2.75) is 56.9 Å². The Hall–Kier alpha value is -3.35. The first-order chi connectivity index (χ1) is 16.5. The summed E-state index contributed by atoms with van der Waals surface area (Å²) in [6, 6.07) is 16.2. The van der Waals surface area contributed by atoms with Crippen LogP contribution in [-0.4, -0.2) is 42.3 Å². The van der Waals surface area contributed by atoms with Gasteiger partial charge in [-0.3, -0.25) is 9.59 Å². The number of hydrogen-bond acceptors (Lipinski definition) is 4. The number of nitrogens with one attached hydrogen (secondary N) is 2. The van der Waals surface area contributed by atoms with Gasteiger partial charge >= 0.3 is 12.1 Å². The molecular weight excluding hydrogens is 432 g/mol. The number of fused-ring (bicyclic) bond motifs is 3. The molecule has 4 rings (SSSR count). The number of alkyl carbamates (subject to hydrolysis) is 1. The quantitative estimate of drug-likeness (QED) is 0.476. The average molecular weight is 465 g/mol. The van der Waals surface area contributed by atoms with Crippen molar-refractivity contribution in [3.8, 4) is 11.1 Å². The number of rotatable bonds is 9. The number of ether oxygens (including phenoxy) is 1. The van der Waals surface area contributed by atoms with Gasteiger partial charge in [-0.15, -0.1) is 0 Å². The second kappa shape index (κ2) is 11.2. The van der Waals surface area contributed by atoms with Crippen LogP contribution < -0.4 is 10.6 Å². The van der Waals surface area contributed by atoms with Gasteiger partial charge in [0.25, 0.3) is 0 Å². The summed E-state index contributed by atoms with van der Waals surface area (Å²) < 4.78 is 5.67. The Bertz CT molecular complexity index is 992. The van der Waals surface area contributed by atoms with Gasteiger partial charge in [0.1, 0.15) is 6.61 Å². The van der Waals surface area contributed by atoms with E-state index >= 15 is 0 Å². The number of carboxylic acids is 1. The number of aliphatic carboxylic acids is 1. The molecule has 0 radical (unpaired) electrons. The van der Waals surface area contributed by atoms with E-state index in [2.05, 4.69) is 34.9 Å². The van der Waals surface area contributed by atoms with Crippen molar-refractivity contribution >= 4 is 18.0 Å². The first kappa shape index (κ1) is 23.8. The molecule has 2 amide bonds. The van der Waals surface area contributed by atoms with Crippen LogP contribution in [0.4, 0.5) is 4.79 Å². The molecule has 0 aromatic heterocycles. The Morgan fingerprint density at radius 2 is 1.56 bits per heavy atom. The fraction of sp³-hybridized carbons (Fsp3) is 0.444. The Balaban J connectivity index is 1.30. The Labute approximate surface area is 199 Å². The lowest BCUT2D eigenvalue weighted by Gasteiger charge is -2.31. The number of unbranched alkanes of at least 4 members (excludes halogenated alkanes) is 1. The highest BCUT2D eigenvalue weighted by molar-refractivity contribution is 5.81. The second-order valence-electron chi connectivity index (χ2n) is 9.11. The van der Waals surface area contributed by atoms with Crippen molar-refractivity contribution in [1.82, 2.24) is 10.6 Å². The third-order valence-electron chi connectivity index (χ3n) is 6.87. The summed E-state index contributed by atoms with van der Waals surface area (Å²) in [7, 11) is 0. The van der Waals surface area contributed by atoms with Crippen LogP contribution in [0.3, 0.4) is 0 Å². The van der Waals surface area contributed by atoms with E-state index in [9.17, 15) is 14.4 Å². The van der Waals surface area contributed by atoms with E-state index in [-0.39, 0.29) is 36.8 Å². The maximum Gasteiger partial charge on any atom is 0.407 e. The predicted molar refractivity (Wildman–Crippen MR) is 128 cm³/mol. The Morgan fingerprint density at radius 3 is 2.24 bits per heavy atom. The summed E-state index contributed by atoms with van der Waals surface area (Å²) in [5.74, 6) is -1.21. The van der Waals surface area contributed by atoms with Gasteiger partial charge in [0.15, 0.2) is 0 Å². The van der Waals surface area contributed by atoms with Gasteiger partial charge in [-0.2, -0.15) is 0 Å². The molecule has 0 bridgehead atoms. The molecule has 2 atom stereocenters. The lowest BCUT2D eigenvalue weighted by Crippen LogP contribution is -2.48. The molecule has 7 heteroatoms. The monoisotopic (exact) mass is 464 g/mol. The van der Waals surface area contributed by atoms with Gasteiger partial charge in [0.2, 0.25) is 5.91 Å².